The molecule has 0 radical (unpaired) electrons. The summed E-state index contributed by atoms with van der Waals surface area (Å²) in [6.45, 7) is 1.10. The number of rotatable bonds is 4. The number of nitrogens with one attached hydrogen (secondary N) is 1. The van der Waals surface area contributed by atoms with E-state index in [0.29, 0.717) is 29.5 Å². The Bertz CT molecular complexity index is 901. The first-order valence-corrected chi connectivity index (χ1v) is 9.92. The first-order chi connectivity index (χ1) is 11.8. The van der Waals surface area contributed by atoms with Crippen LogP contribution in [0.25, 0.3) is 0 Å². The zero-order valence-electron chi connectivity index (χ0n) is 13.5. The van der Waals surface area contributed by atoms with E-state index in [4.69, 9.17) is 23.2 Å². The van der Waals surface area contributed by atoms with Crippen LogP contribution in [0.3, 0.4) is 0 Å². The van der Waals surface area contributed by atoms with Gasteiger partial charge in [-0.15, -0.1) is 0 Å². The number of amides is 1. The Labute approximate surface area is 156 Å². The Hall–Kier alpha value is -1.54. The first kappa shape index (κ1) is 18.3. The lowest BCUT2D eigenvalue weighted by molar-refractivity contribution is 0.101. The number of carbonyl (C=O) groups excluding carboxylic acids is 1. The van der Waals surface area contributed by atoms with E-state index >= 15 is 0 Å². The fourth-order valence-corrected chi connectivity index (χ4v) is 4.64. The third kappa shape index (κ3) is 3.55. The molecule has 1 aromatic heterocycles. The summed E-state index contributed by atoms with van der Waals surface area (Å²) in [5.41, 5.74) is 0.794. The van der Waals surface area contributed by atoms with E-state index in [2.05, 4.69) is 5.32 Å². The number of anilines is 1. The molecule has 0 saturated carbocycles. The van der Waals surface area contributed by atoms with Crippen molar-refractivity contribution in [3.8, 4) is 0 Å². The van der Waals surface area contributed by atoms with E-state index in [0.717, 1.165) is 12.8 Å². The topological polar surface area (TPSA) is 71.4 Å². The van der Waals surface area contributed by atoms with Gasteiger partial charge in [-0.05, 0) is 43.2 Å². The molecule has 1 amide bonds. The van der Waals surface area contributed by atoms with Crippen molar-refractivity contribution in [1.82, 2.24) is 8.87 Å². The summed E-state index contributed by atoms with van der Waals surface area (Å²) >= 11 is 11.9. The lowest BCUT2D eigenvalue weighted by Gasteiger charge is -2.15. The van der Waals surface area contributed by atoms with Crippen LogP contribution in [-0.2, 0) is 17.1 Å². The third-order valence-electron chi connectivity index (χ3n) is 4.16. The van der Waals surface area contributed by atoms with Crippen LogP contribution in [0.2, 0.25) is 10.2 Å². The summed E-state index contributed by atoms with van der Waals surface area (Å²) in [5, 5.41) is 3.27. The van der Waals surface area contributed by atoms with Gasteiger partial charge >= 0.3 is 0 Å². The maximum absolute atomic E-state index is 12.5. The molecule has 1 fully saturated rings. The molecule has 134 valence electrons. The van der Waals surface area contributed by atoms with Gasteiger partial charge in [-0.1, -0.05) is 23.2 Å². The lowest BCUT2D eigenvalue weighted by Crippen LogP contribution is -2.27. The monoisotopic (exact) mass is 401 g/mol. The maximum Gasteiger partial charge on any atom is 0.272 e. The summed E-state index contributed by atoms with van der Waals surface area (Å²) in [5.74, 6) is -0.383. The van der Waals surface area contributed by atoms with Gasteiger partial charge in [0.15, 0.2) is 0 Å². The van der Waals surface area contributed by atoms with Crippen molar-refractivity contribution in [2.24, 2.45) is 7.05 Å². The average molecular weight is 402 g/mol. The zero-order valence-corrected chi connectivity index (χ0v) is 15.8. The molecule has 1 saturated heterocycles. The van der Waals surface area contributed by atoms with Gasteiger partial charge in [0.25, 0.3) is 5.91 Å². The standard InChI is InChI=1S/C16H17Cl2N3O3S/c1-20-14(10-13(17)15(20)18)16(22)19-11-4-6-12(7-5-11)25(23,24)21-8-2-3-9-21/h4-7,10H,2-3,8-9H2,1H3,(H,19,22). The molecule has 0 spiro atoms. The van der Waals surface area contributed by atoms with Gasteiger partial charge in [0.05, 0.1) is 9.92 Å². The molecule has 0 bridgehead atoms. The second-order valence-electron chi connectivity index (χ2n) is 5.82. The highest BCUT2D eigenvalue weighted by molar-refractivity contribution is 7.89. The predicted octanol–water partition coefficient (Wildman–Crippen LogP) is 3.37. The Kier molecular flexibility index (Phi) is 5.11. The summed E-state index contributed by atoms with van der Waals surface area (Å²) in [7, 11) is -1.83. The Balaban J connectivity index is 1.76. The molecule has 0 aliphatic carbocycles. The van der Waals surface area contributed by atoms with E-state index in [1.165, 1.54) is 27.1 Å². The van der Waals surface area contributed by atoms with Crippen molar-refractivity contribution in [3.05, 3.63) is 46.2 Å². The second-order valence-corrected chi connectivity index (χ2v) is 8.52. The van der Waals surface area contributed by atoms with Crippen molar-refractivity contribution < 1.29 is 13.2 Å². The largest absolute Gasteiger partial charge is 0.329 e. The molecule has 2 aromatic rings. The smallest absolute Gasteiger partial charge is 0.272 e. The number of nitrogens with zero attached hydrogens (tertiary/aromatic N) is 2. The van der Waals surface area contributed by atoms with Crippen molar-refractivity contribution in [1.29, 1.82) is 0 Å². The molecule has 0 atom stereocenters. The number of hydrogen-bond acceptors (Lipinski definition) is 3. The van der Waals surface area contributed by atoms with E-state index in [-0.39, 0.29) is 16.0 Å². The van der Waals surface area contributed by atoms with Gasteiger partial charge < -0.3 is 9.88 Å². The minimum absolute atomic E-state index is 0.220. The molecule has 1 aromatic carbocycles. The number of sulfonamides is 1. The average Bonchev–Trinajstić information content (AvgIpc) is 3.21. The van der Waals surface area contributed by atoms with Crippen molar-refractivity contribution in [3.63, 3.8) is 0 Å². The highest BCUT2D eigenvalue weighted by Crippen LogP contribution is 2.26. The van der Waals surface area contributed by atoms with E-state index in [1.807, 2.05) is 0 Å². The molecule has 6 nitrogen and oxygen atoms in total. The molecular formula is C16H17Cl2N3O3S. The van der Waals surface area contributed by atoms with Crippen LogP contribution in [0.1, 0.15) is 23.3 Å². The number of aromatic nitrogens is 1. The fraction of sp³-hybridized carbons (Fsp3) is 0.312. The molecular weight excluding hydrogens is 385 g/mol. The van der Waals surface area contributed by atoms with Crippen LogP contribution in [0, 0.1) is 0 Å². The van der Waals surface area contributed by atoms with Crippen LogP contribution in [0.5, 0.6) is 0 Å². The van der Waals surface area contributed by atoms with Crippen molar-refractivity contribution in [2.45, 2.75) is 17.7 Å². The Morgan fingerprint density at radius 1 is 1.12 bits per heavy atom. The van der Waals surface area contributed by atoms with Gasteiger partial charge in [0, 0.05) is 25.8 Å². The van der Waals surface area contributed by atoms with Crippen LogP contribution < -0.4 is 5.32 Å². The van der Waals surface area contributed by atoms with Gasteiger partial charge in [0.1, 0.15) is 10.8 Å². The van der Waals surface area contributed by atoms with Gasteiger partial charge in [-0.3, -0.25) is 4.79 Å². The van der Waals surface area contributed by atoms with Gasteiger partial charge in [-0.2, -0.15) is 4.31 Å². The van der Waals surface area contributed by atoms with E-state index in [1.54, 1.807) is 19.2 Å². The number of halogens is 2. The van der Waals surface area contributed by atoms with E-state index < -0.39 is 10.0 Å². The van der Waals surface area contributed by atoms with Crippen molar-refractivity contribution in [2.75, 3.05) is 18.4 Å². The highest BCUT2D eigenvalue weighted by atomic mass is 35.5. The predicted molar refractivity (Wildman–Crippen MR) is 97.8 cm³/mol. The van der Waals surface area contributed by atoms with E-state index in [9.17, 15) is 13.2 Å². The summed E-state index contributed by atoms with van der Waals surface area (Å²) < 4.78 is 27.9. The zero-order chi connectivity index (χ0) is 18.2. The summed E-state index contributed by atoms with van der Waals surface area (Å²) in [6, 6.07) is 7.59. The summed E-state index contributed by atoms with van der Waals surface area (Å²) in [6.07, 6.45) is 1.77. The summed E-state index contributed by atoms with van der Waals surface area (Å²) in [4.78, 5) is 12.5. The number of hydrogen-bond donors (Lipinski definition) is 1. The minimum atomic E-state index is -3.46. The Morgan fingerprint density at radius 2 is 1.72 bits per heavy atom. The lowest BCUT2D eigenvalue weighted by atomic mass is 10.3. The molecule has 1 aliphatic rings. The van der Waals surface area contributed by atoms with Crippen LogP contribution in [-0.4, -0.2) is 36.3 Å². The van der Waals surface area contributed by atoms with Gasteiger partial charge in [-0.25, -0.2) is 8.42 Å². The second kappa shape index (κ2) is 6.99. The van der Waals surface area contributed by atoms with Crippen LogP contribution in [0.15, 0.2) is 35.2 Å². The normalized spacial score (nSPS) is 15.5. The Morgan fingerprint density at radius 3 is 2.24 bits per heavy atom. The SMILES string of the molecule is Cn1c(C(=O)Nc2ccc(S(=O)(=O)N3CCCC3)cc2)cc(Cl)c1Cl. The molecule has 9 heteroatoms. The molecule has 1 N–H and O–H groups in total. The van der Waals surface area contributed by atoms with Crippen LogP contribution in [0.4, 0.5) is 5.69 Å². The number of benzene rings is 1. The number of carbonyl (C=O) groups is 1. The van der Waals surface area contributed by atoms with Gasteiger partial charge in [0.2, 0.25) is 10.0 Å². The third-order valence-corrected chi connectivity index (χ3v) is 6.92. The molecule has 2 heterocycles. The van der Waals surface area contributed by atoms with Crippen molar-refractivity contribution >= 4 is 44.8 Å². The first-order valence-electron chi connectivity index (χ1n) is 7.73. The molecule has 3 rings (SSSR count). The minimum Gasteiger partial charge on any atom is -0.329 e. The highest BCUT2D eigenvalue weighted by Gasteiger charge is 2.27. The molecule has 0 unspecified atom stereocenters. The fourth-order valence-electron chi connectivity index (χ4n) is 2.74. The maximum atomic E-state index is 12.5. The van der Waals surface area contributed by atoms with Crippen LogP contribution >= 0.6 is 23.2 Å². The molecule has 25 heavy (non-hydrogen) atoms. The quantitative estimate of drug-likeness (QED) is 0.853. The molecule has 1 aliphatic heterocycles.